The summed E-state index contributed by atoms with van der Waals surface area (Å²) in [5, 5.41) is 6.62. The number of hydrogen-bond acceptors (Lipinski definition) is 7. The molecule has 1 amide bonds. The molecule has 0 aromatic heterocycles. The van der Waals surface area contributed by atoms with Gasteiger partial charge >= 0.3 is 0 Å². The molecular formula is C16H23N3O6S2. The maximum Gasteiger partial charge on any atom is 0.283 e. The first-order valence-electron chi connectivity index (χ1n) is 8.18. The topological polar surface area (TPSA) is 122 Å². The molecule has 1 aliphatic heterocycles. The van der Waals surface area contributed by atoms with Crippen LogP contribution in [0.4, 0.5) is 5.69 Å². The summed E-state index contributed by atoms with van der Waals surface area (Å²) in [6.45, 7) is 4.55. The molecule has 1 heterocycles. The van der Waals surface area contributed by atoms with Gasteiger partial charge in [0.15, 0.2) is 9.84 Å². The Balaban J connectivity index is 2.58. The minimum atomic E-state index is -4.23. The van der Waals surface area contributed by atoms with Gasteiger partial charge in [0.2, 0.25) is 5.91 Å². The van der Waals surface area contributed by atoms with Crippen LogP contribution in [-0.4, -0.2) is 57.5 Å². The van der Waals surface area contributed by atoms with Gasteiger partial charge in [-0.25, -0.2) is 8.42 Å². The number of sulfone groups is 1. The highest BCUT2D eigenvalue weighted by atomic mass is 32.2. The van der Waals surface area contributed by atoms with E-state index in [1.165, 1.54) is 32.2 Å². The fourth-order valence-corrected chi connectivity index (χ4v) is 6.25. The minimum Gasteiger partial charge on any atom is -0.495 e. The molecule has 1 saturated heterocycles. The Labute approximate surface area is 159 Å². The van der Waals surface area contributed by atoms with Gasteiger partial charge in [0.1, 0.15) is 10.6 Å². The minimum absolute atomic E-state index is 0.0684. The van der Waals surface area contributed by atoms with Crippen LogP contribution in [0.1, 0.15) is 27.2 Å². The summed E-state index contributed by atoms with van der Waals surface area (Å²) in [6.07, 6.45) is 0.159. The SMILES string of the molecule is COc1ccc(NC(C)=O)cc1S(=O)(=O)N(N=C(C)C)[C@@H]1CCS(=O)(=O)C1. The van der Waals surface area contributed by atoms with Gasteiger partial charge in [-0.15, -0.1) is 0 Å². The number of nitrogens with one attached hydrogen (secondary N) is 1. The van der Waals surface area contributed by atoms with E-state index in [9.17, 15) is 21.6 Å². The van der Waals surface area contributed by atoms with Gasteiger partial charge in [-0.05, 0) is 38.5 Å². The number of anilines is 1. The summed E-state index contributed by atoms with van der Waals surface area (Å²) in [6, 6.07) is 3.40. The third-order valence-corrected chi connectivity index (χ3v) is 7.33. The zero-order chi connectivity index (χ0) is 20.4. The maximum atomic E-state index is 13.3. The van der Waals surface area contributed by atoms with Crippen LogP contribution in [0.3, 0.4) is 0 Å². The van der Waals surface area contributed by atoms with Gasteiger partial charge < -0.3 is 10.1 Å². The van der Waals surface area contributed by atoms with Crippen molar-refractivity contribution in [1.82, 2.24) is 4.41 Å². The predicted octanol–water partition coefficient (Wildman–Crippen LogP) is 1.23. The number of methoxy groups -OCH3 is 1. The molecule has 0 aliphatic carbocycles. The number of rotatable bonds is 6. The van der Waals surface area contributed by atoms with Crippen molar-refractivity contribution in [3.05, 3.63) is 18.2 Å². The Bertz CT molecular complexity index is 966. The maximum absolute atomic E-state index is 13.3. The predicted molar refractivity (Wildman–Crippen MR) is 102 cm³/mol. The molecule has 2 rings (SSSR count). The third kappa shape index (κ3) is 4.98. The summed E-state index contributed by atoms with van der Waals surface area (Å²) in [7, 11) is -6.22. The lowest BCUT2D eigenvalue weighted by molar-refractivity contribution is -0.114. The van der Waals surface area contributed by atoms with E-state index in [4.69, 9.17) is 4.74 Å². The summed E-state index contributed by atoms with van der Waals surface area (Å²) in [5.74, 6) is -0.675. The molecule has 0 bridgehead atoms. The molecule has 1 fully saturated rings. The van der Waals surface area contributed by atoms with Crippen LogP contribution >= 0.6 is 0 Å². The van der Waals surface area contributed by atoms with Crippen LogP contribution in [0.15, 0.2) is 28.2 Å². The number of carbonyl (C=O) groups is 1. The largest absolute Gasteiger partial charge is 0.495 e. The number of hydrazone groups is 1. The summed E-state index contributed by atoms with van der Waals surface area (Å²) in [5.41, 5.74) is 0.734. The average molecular weight is 418 g/mol. The van der Waals surface area contributed by atoms with Crippen LogP contribution in [0.5, 0.6) is 5.75 Å². The Morgan fingerprint density at radius 3 is 2.44 bits per heavy atom. The van der Waals surface area contributed by atoms with E-state index in [0.29, 0.717) is 5.71 Å². The van der Waals surface area contributed by atoms with Crippen molar-refractivity contribution in [1.29, 1.82) is 0 Å². The molecule has 150 valence electrons. The van der Waals surface area contributed by atoms with Crippen molar-refractivity contribution in [2.75, 3.05) is 23.9 Å². The van der Waals surface area contributed by atoms with E-state index in [2.05, 4.69) is 10.4 Å². The van der Waals surface area contributed by atoms with Crippen LogP contribution in [0, 0.1) is 0 Å². The van der Waals surface area contributed by atoms with E-state index in [1.54, 1.807) is 13.8 Å². The van der Waals surface area contributed by atoms with Crippen molar-refractivity contribution >= 4 is 37.2 Å². The lowest BCUT2D eigenvalue weighted by atomic mass is 10.3. The molecule has 0 saturated carbocycles. The monoisotopic (exact) mass is 417 g/mol. The first-order chi connectivity index (χ1) is 12.5. The summed E-state index contributed by atoms with van der Waals surface area (Å²) >= 11 is 0. The molecule has 27 heavy (non-hydrogen) atoms. The standard InChI is InChI=1S/C16H23N3O6S2/c1-11(2)18-19(14-7-8-26(21,22)10-14)27(23,24)16-9-13(17-12(3)20)5-6-15(16)25-4/h5-6,9,14H,7-8,10H2,1-4H3,(H,17,20)/t14-/m1/s1. The lowest BCUT2D eigenvalue weighted by Crippen LogP contribution is -2.37. The van der Waals surface area contributed by atoms with Gasteiger partial charge in [-0.1, -0.05) is 0 Å². The molecule has 0 radical (unpaired) electrons. The Kier molecular flexibility index (Phi) is 6.15. The first-order valence-corrected chi connectivity index (χ1v) is 11.4. The van der Waals surface area contributed by atoms with E-state index in [0.717, 1.165) is 4.41 Å². The lowest BCUT2D eigenvalue weighted by Gasteiger charge is -2.26. The number of carbonyl (C=O) groups excluding carboxylic acids is 1. The molecular weight excluding hydrogens is 394 g/mol. The molecule has 9 nitrogen and oxygen atoms in total. The van der Waals surface area contributed by atoms with Crippen molar-refractivity contribution in [3.8, 4) is 5.75 Å². The first kappa shape index (κ1) is 21.2. The van der Waals surface area contributed by atoms with Gasteiger partial charge in [-0.2, -0.15) is 17.9 Å². The van der Waals surface area contributed by atoms with Crippen molar-refractivity contribution in [3.63, 3.8) is 0 Å². The highest BCUT2D eigenvalue weighted by Crippen LogP contribution is 2.33. The number of sulfonamides is 1. The second-order valence-electron chi connectivity index (χ2n) is 6.43. The van der Waals surface area contributed by atoms with Crippen molar-refractivity contribution in [2.45, 2.75) is 38.1 Å². The molecule has 1 aromatic carbocycles. The summed E-state index contributed by atoms with van der Waals surface area (Å²) in [4.78, 5) is 11.1. The quantitative estimate of drug-likeness (QED) is 0.549. The average Bonchev–Trinajstić information content (AvgIpc) is 2.91. The number of amides is 1. The van der Waals surface area contributed by atoms with Crippen molar-refractivity contribution in [2.24, 2.45) is 5.10 Å². The smallest absolute Gasteiger partial charge is 0.283 e. The van der Waals surface area contributed by atoms with E-state index < -0.39 is 25.9 Å². The van der Waals surface area contributed by atoms with Crippen LogP contribution in [0.25, 0.3) is 0 Å². The highest BCUT2D eigenvalue weighted by Gasteiger charge is 2.39. The van der Waals surface area contributed by atoms with Gasteiger partial charge in [-0.3, -0.25) is 4.79 Å². The molecule has 0 unspecified atom stereocenters. The Morgan fingerprint density at radius 2 is 1.96 bits per heavy atom. The van der Waals surface area contributed by atoms with Crippen LogP contribution in [-0.2, 0) is 24.7 Å². The second-order valence-corrected chi connectivity index (χ2v) is 10.4. The third-order valence-electron chi connectivity index (χ3n) is 3.83. The molecule has 0 spiro atoms. The normalized spacial score (nSPS) is 18.6. The molecule has 1 atom stereocenters. The van der Waals surface area contributed by atoms with E-state index >= 15 is 0 Å². The second kappa shape index (κ2) is 7.85. The van der Waals surface area contributed by atoms with Gasteiger partial charge in [0.05, 0.1) is 24.7 Å². The van der Waals surface area contributed by atoms with E-state index in [-0.39, 0.29) is 40.2 Å². The van der Waals surface area contributed by atoms with Gasteiger partial charge in [0.25, 0.3) is 10.0 Å². The van der Waals surface area contributed by atoms with E-state index in [1.807, 2.05) is 0 Å². The number of nitrogens with zero attached hydrogens (tertiary/aromatic N) is 2. The Morgan fingerprint density at radius 1 is 1.30 bits per heavy atom. The van der Waals surface area contributed by atoms with Crippen LogP contribution < -0.4 is 10.1 Å². The van der Waals surface area contributed by atoms with Gasteiger partial charge in [0, 0.05) is 18.3 Å². The number of ether oxygens (including phenoxy) is 1. The zero-order valence-corrected chi connectivity index (χ0v) is 17.2. The molecule has 1 aliphatic rings. The molecule has 11 heteroatoms. The zero-order valence-electron chi connectivity index (χ0n) is 15.6. The Hall–Kier alpha value is -2.14. The fraction of sp³-hybridized carbons (Fsp3) is 0.500. The molecule has 1 aromatic rings. The summed E-state index contributed by atoms with van der Waals surface area (Å²) < 4.78 is 56.3. The number of benzene rings is 1. The fourth-order valence-electron chi connectivity index (χ4n) is 2.74. The van der Waals surface area contributed by atoms with Crippen LogP contribution in [0.2, 0.25) is 0 Å². The number of hydrogen-bond donors (Lipinski definition) is 1. The molecule has 1 N–H and O–H groups in total. The highest BCUT2D eigenvalue weighted by molar-refractivity contribution is 7.92. The van der Waals surface area contributed by atoms with Crippen molar-refractivity contribution < 1.29 is 26.4 Å².